The molecule has 2 rings (SSSR count). The standard InChI is InChI=1S/C17H29N3/c1-3-6-17(13-18)20-11-9-19(10-12-20)14-16-8-5-4-7-15(16)2/h4-5,7-8,17H,3,6,9-14,18H2,1-2H3. The van der Waals surface area contributed by atoms with Crippen molar-refractivity contribution >= 4 is 0 Å². The van der Waals surface area contributed by atoms with Gasteiger partial charge in [0.2, 0.25) is 0 Å². The molecule has 1 aliphatic rings. The Balaban J connectivity index is 1.84. The van der Waals surface area contributed by atoms with Crippen LogP contribution in [0.5, 0.6) is 0 Å². The van der Waals surface area contributed by atoms with Gasteiger partial charge in [-0.15, -0.1) is 0 Å². The van der Waals surface area contributed by atoms with Gasteiger partial charge in [0, 0.05) is 45.3 Å². The zero-order valence-corrected chi connectivity index (χ0v) is 13.0. The Morgan fingerprint density at radius 2 is 1.85 bits per heavy atom. The van der Waals surface area contributed by atoms with E-state index in [1.165, 1.54) is 24.0 Å². The molecule has 1 fully saturated rings. The van der Waals surface area contributed by atoms with Crippen molar-refractivity contribution in [2.75, 3.05) is 32.7 Å². The highest BCUT2D eigenvalue weighted by atomic mass is 15.3. The molecule has 1 aromatic carbocycles. The highest BCUT2D eigenvalue weighted by Gasteiger charge is 2.22. The van der Waals surface area contributed by atoms with E-state index in [1.807, 2.05) is 0 Å². The molecule has 3 heteroatoms. The van der Waals surface area contributed by atoms with E-state index in [9.17, 15) is 0 Å². The Hall–Kier alpha value is -0.900. The van der Waals surface area contributed by atoms with Crippen LogP contribution in [-0.4, -0.2) is 48.6 Å². The monoisotopic (exact) mass is 275 g/mol. The Kier molecular flexibility index (Phi) is 6.02. The summed E-state index contributed by atoms with van der Waals surface area (Å²) in [7, 11) is 0. The summed E-state index contributed by atoms with van der Waals surface area (Å²) in [5.41, 5.74) is 8.78. The number of piperazine rings is 1. The maximum Gasteiger partial charge on any atom is 0.0237 e. The van der Waals surface area contributed by atoms with Crippen LogP contribution < -0.4 is 5.73 Å². The quantitative estimate of drug-likeness (QED) is 0.864. The van der Waals surface area contributed by atoms with Crippen LogP contribution in [0.1, 0.15) is 30.9 Å². The van der Waals surface area contributed by atoms with Crippen LogP contribution in [0.2, 0.25) is 0 Å². The molecule has 0 spiro atoms. The van der Waals surface area contributed by atoms with Gasteiger partial charge in [-0.05, 0) is 24.5 Å². The van der Waals surface area contributed by atoms with Gasteiger partial charge in [0.05, 0.1) is 0 Å². The predicted molar refractivity (Wildman–Crippen MR) is 85.8 cm³/mol. The molecule has 1 atom stereocenters. The second kappa shape index (κ2) is 7.77. The smallest absolute Gasteiger partial charge is 0.0237 e. The SMILES string of the molecule is CCCC(CN)N1CCN(Cc2ccccc2C)CC1. The van der Waals surface area contributed by atoms with Crippen molar-refractivity contribution in [1.29, 1.82) is 0 Å². The summed E-state index contributed by atoms with van der Waals surface area (Å²) in [5.74, 6) is 0. The third kappa shape index (κ3) is 4.05. The Morgan fingerprint density at radius 1 is 1.15 bits per heavy atom. The fraction of sp³-hybridized carbons (Fsp3) is 0.647. The Morgan fingerprint density at radius 3 is 2.45 bits per heavy atom. The molecule has 20 heavy (non-hydrogen) atoms. The van der Waals surface area contributed by atoms with Gasteiger partial charge in [0.25, 0.3) is 0 Å². The Labute approximate surface area is 123 Å². The third-order valence-electron chi connectivity index (χ3n) is 4.47. The topological polar surface area (TPSA) is 32.5 Å². The molecule has 3 nitrogen and oxygen atoms in total. The predicted octanol–water partition coefficient (Wildman–Crippen LogP) is 2.24. The van der Waals surface area contributed by atoms with Crippen molar-refractivity contribution < 1.29 is 0 Å². The van der Waals surface area contributed by atoms with Crippen LogP contribution in [0.25, 0.3) is 0 Å². The highest BCUT2D eigenvalue weighted by molar-refractivity contribution is 5.25. The van der Waals surface area contributed by atoms with Crippen molar-refractivity contribution in [2.24, 2.45) is 5.73 Å². The van der Waals surface area contributed by atoms with E-state index in [0.29, 0.717) is 6.04 Å². The van der Waals surface area contributed by atoms with Crippen molar-refractivity contribution in [2.45, 2.75) is 39.3 Å². The van der Waals surface area contributed by atoms with E-state index in [2.05, 4.69) is 47.9 Å². The first kappa shape index (κ1) is 15.5. The number of hydrogen-bond donors (Lipinski definition) is 1. The number of rotatable bonds is 6. The number of aryl methyl sites for hydroxylation is 1. The summed E-state index contributed by atoms with van der Waals surface area (Å²) in [6, 6.07) is 9.30. The molecule has 0 aliphatic carbocycles. The molecule has 0 saturated carbocycles. The fourth-order valence-corrected chi connectivity index (χ4v) is 3.10. The lowest BCUT2D eigenvalue weighted by Gasteiger charge is -2.39. The molecule has 1 unspecified atom stereocenters. The average molecular weight is 275 g/mol. The summed E-state index contributed by atoms with van der Waals surface area (Å²) in [4.78, 5) is 5.15. The van der Waals surface area contributed by atoms with Gasteiger partial charge in [0.1, 0.15) is 0 Å². The molecule has 2 N–H and O–H groups in total. The molecule has 0 bridgehead atoms. The van der Waals surface area contributed by atoms with Gasteiger partial charge in [-0.1, -0.05) is 37.6 Å². The number of hydrogen-bond acceptors (Lipinski definition) is 3. The summed E-state index contributed by atoms with van der Waals surface area (Å²) in [6.07, 6.45) is 2.46. The van der Waals surface area contributed by atoms with E-state index < -0.39 is 0 Å². The maximum absolute atomic E-state index is 5.91. The van der Waals surface area contributed by atoms with Gasteiger partial charge in [-0.2, -0.15) is 0 Å². The lowest BCUT2D eigenvalue weighted by atomic mass is 10.1. The molecule has 1 aromatic rings. The summed E-state index contributed by atoms with van der Waals surface area (Å²) < 4.78 is 0. The zero-order valence-electron chi connectivity index (χ0n) is 13.0. The van der Waals surface area contributed by atoms with Gasteiger partial charge in [-0.25, -0.2) is 0 Å². The van der Waals surface area contributed by atoms with E-state index in [0.717, 1.165) is 39.3 Å². The van der Waals surface area contributed by atoms with Crippen LogP contribution in [-0.2, 0) is 6.54 Å². The highest BCUT2D eigenvalue weighted by Crippen LogP contribution is 2.14. The average Bonchev–Trinajstić information content (AvgIpc) is 2.48. The molecule has 1 heterocycles. The first-order chi connectivity index (χ1) is 9.74. The van der Waals surface area contributed by atoms with E-state index in [1.54, 1.807) is 0 Å². The Bertz CT molecular complexity index is 397. The molecule has 0 amide bonds. The van der Waals surface area contributed by atoms with E-state index >= 15 is 0 Å². The van der Waals surface area contributed by atoms with Gasteiger partial charge in [0.15, 0.2) is 0 Å². The first-order valence-corrected chi connectivity index (χ1v) is 7.95. The minimum atomic E-state index is 0.584. The summed E-state index contributed by atoms with van der Waals surface area (Å²) >= 11 is 0. The second-order valence-electron chi connectivity index (χ2n) is 5.92. The van der Waals surface area contributed by atoms with Crippen molar-refractivity contribution in [3.63, 3.8) is 0 Å². The number of nitrogens with two attached hydrogens (primary N) is 1. The molecule has 1 aliphatic heterocycles. The minimum Gasteiger partial charge on any atom is -0.329 e. The lowest BCUT2D eigenvalue weighted by Crippen LogP contribution is -2.52. The van der Waals surface area contributed by atoms with Crippen LogP contribution in [0.3, 0.4) is 0 Å². The minimum absolute atomic E-state index is 0.584. The van der Waals surface area contributed by atoms with Crippen molar-refractivity contribution in [3.8, 4) is 0 Å². The van der Waals surface area contributed by atoms with E-state index in [4.69, 9.17) is 5.73 Å². The van der Waals surface area contributed by atoms with Gasteiger partial charge < -0.3 is 5.73 Å². The molecule has 112 valence electrons. The summed E-state index contributed by atoms with van der Waals surface area (Å²) in [5, 5.41) is 0. The lowest BCUT2D eigenvalue weighted by molar-refractivity contribution is 0.0904. The van der Waals surface area contributed by atoms with Crippen molar-refractivity contribution in [3.05, 3.63) is 35.4 Å². The van der Waals surface area contributed by atoms with Crippen molar-refractivity contribution in [1.82, 2.24) is 9.80 Å². The second-order valence-corrected chi connectivity index (χ2v) is 5.92. The first-order valence-electron chi connectivity index (χ1n) is 7.95. The maximum atomic E-state index is 5.91. The largest absolute Gasteiger partial charge is 0.329 e. The zero-order chi connectivity index (χ0) is 14.4. The molecule has 0 aromatic heterocycles. The van der Waals surface area contributed by atoms with Crippen LogP contribution in [0, 0.1) is 6.92 Å². The van der Waals surface area contributed by atoms with Gasteiger partial charge in [-0.3, -0.25) is 9.80 Å². The summed E-state index contributed by atoms with van der Waals surface area (Å²) in [6.45, 7) is 11.0. The van der Waals surface area contributed by atoms with Crippen LogP contribution in [0.4, 0.5) is 0 Å². The molecular formula is C17H29N3. The molecular weight excluding hydrogens is 246 g/mol. The fourth-order valence-electron chi connectivity index (χ4n) is 3.10. The van der Waals surface area contributed by atoms with Crippen LogP contribution in [0.15, 0.2) is 24.3 Å². The number of nitrogens with zero attached hydrogens (tertiary/aromatic N) is 2. The normalized spacial score (nSPS) is 19.1. The van der Waals surface area contributed by atoms with Gasteiger partial charge >= 0.3 is 0 Å². The molecule has 0 radical (unpaired) electrons. The molecule has 1 saturated heterocycles. The number of benzene rings is 1. The third-order valence-corrected chi connectivity index (χ3v) is 4.47. The van der Waals surface area contributed by atoms with Crippen LogP contribution >= 0.6 is 0 Å². The van der Waals surface area contributed by atoms with E-state index in [-0.39, 0.29) is 0 Å².